The Morgan fingerprint density at radius 3 is 2.80 bits per heavy atom. The SMILES string of the molecule is Cn1cc(-c2c(C(=O)O)nnn2C2CCOCC2)cn1. The molecule has 0 aliphatic carbocycles. The number of aryl methyl sites for hydroxylation is 1. The monoisotopic (exact) mass is 277 g/mol. The molecule has 1 fully saturated rings. The average Bonchev–Trinajstić information content (AvgIpc) is 3.05. The second kappa shape index (κ2) is 5.04. The molecule has 1 aliphatic heterocycles. The van der Waals surface area contributed by atoms with Gasteiger partial charge in [-0.15, -0.1) is 5.10 Å². The third kappa shape index (κ3) is 2.18. The molecule has 0 amide bonds. The van der Waals surface area contributed by atoms with Crippen LogP contribution in [-0.2, 0) is 11.8 Å². The highest BCUT2D eigenvalue weighted by molar-refractivity contribution is 5.92. The number of ether oxygens (including phenoxy) is 1. The molecule has 3 heterocycles. The molecule has 0 saturated carbocycles. The molecule has 0 unspecified atom stereocenters. The molecule has 0 spiro atoms. The quantitative estimate of drug-likeness (QED) is 0.888. The summed E-state index contributed by atoms with van der Waals surface area (Å²) in [5.41, 5.74) is 1.18. The van der Waals surface area contributed by atoms with Gasteiger partial charge in [0.25, 0.3) is 0 Å². The summed E-state index contributed by atoms with van der Waals surface area (Å²) in [5, 5.41) is 21.2. The summed E-state index contributed by atoms with van der Waals surface area (Å²) in [4.78, 5) is 11.3. The van der Waals surface area contributed by atoms with E-state index in [-0.39, 0.29) is 11.7 Å². The lowest BCUT2D eigenvalue weighted by molar-refractivity contribution is 0.0662. The van der Waals surface area contributed by atoms with Crippen molar-refractivity contribution >= 4 is 5.97 Å². The third-order valence-electron chi connectivity index (χ3n) is 3.41. The van der Waals surface area contributed by atoms with Crippen LogP contribution in [0.3, 0.4) is 0 Å². The van der Waals surface area contributed by atoms with Crippen molar-refractivity contribution < 1.29 is 14.6 Å². The van der Waals surface area contributed by atoms with Crippen LogP contribution in [0.5, 0.6) is 0 Å². The summed E-state index contributed by atoms with van der Waals surface area (Å²) >= 11 is 0. The Morgan fingerprint density at radius 1 is 1.45 bits per heavy atom. The molecule has 2 aromatic rings. The van der Waals surface area contributed by atoms with Crippen LogP contribution in [-0.4, -0.2) is 49.1 Å². The van der Waals surface area contributed by atoms with Crippen molar-refractivity contribution in [3.8, 4) is 11.3 Å². The van der Waals surface area contributed by atoms with Gasteiger partial charge in [-0.2, -0.15) is 5.10 Å². The zero-order valence-corrected chi connectivity index (χ0v) is 11.1. The minimum Gasteiger partial charge on any atom is -0.476 e. The first-order chi connectivity index (χ1) is 9.66. The van der Waals surface area contributed by atoms with E-state index < -0.39 is 5.97 Å². The maximum atomic E-state index is 11.3. The maximum Gasteiger partial charge on any atom is 0.358 e. The lowest BCUT2D eigenvalue weighted by Gasteiger charge is -2.23. The number of rotatable bonds is 3. The second-order valence-corrected chi connectivity index (χ2v) is 4.78. The van der Waals surface area contributed by atoms with Crippen molar-refractivity contribution in [3.05, 3.63) is 18.1 Å². The number of hydrogen-bond acceptors (Lipinski definition) is 5. The summed E-state index contributed by atoms with van der Waals surface area (Å²) in [5.74, 6) is -1.08. The number of aromatic nitrogens is 5. The number of carboxylic acid groups (broad SMARTS) is 1. The molecule has 1 aliphatic rings. The van der Waals surface area contributed by atoms with Gasteiger partial charge >= 0.3 is 5.97 Å². The predicted molar refractivity (Wildman–Crippen MR) is 68.3 cm³/mol. The fourth-order valence-electron chi connectivity index (χ4n) is 2.44. The highest BCUT2D eigenvalue weighted by Gasteiger charge is 2.27. The Morgan fingerprint density at radius 2 is 2.20 bits per heavy atom. The van der Waals surface area contributed by atoms with Crippen molar-refractivity contribution in [2.24, 2.45) is 7.05 Å². The summed E-state index contributed by atoms with van der Waals surface area (Å²) < 4.78 is 8.66. The van der Waals surface area contributed by atoms with Gasteiger partial charge in [-0.05, 0) is 12.8 Å². The van der Waals surface area contributed by atoms with Gasteiger partial charge in [0, 0.05) is 32.0 Å². The van der Waals surface area contributed by atoms with E-state index in [1.807, 2.05) is 0 Å². The zero-order chi connectivity index (χ0) is 14.1. The molecule has 8 nitrogen and oxygen atoms in total. The molecule has 3 rings (SSSR count). The normalized spacial score (nSPS) is 16.4. The van der Waals surface area contributed by atoms with E-state index in [1.165, 1.54) is 0 Å². The Bertz CT molecular complexity index is 627. The molecule has 20 heavy (non-hydrogen) atoms. The summed E-state index contributed by atoms with van der Waals surface area (Å²) in [6, 6.07) is 0.111. The van der Waals surface area contributed by atoms with Gasteiger partial charge in [-0.1, -0.05) is 5.21 Å². The minimum atomic E-state index is -1.08. The first-order valence-electron chi connectivity index (χ1n) is 6.42. The van der Waals surface area contributed by atoms with Gasteiger partial charge in [0.2, 0.25) is 0 Å². The van der Waals surface area contributed by atoms with Crippen LogP contribution in [0.15, 0.2) is 12.4 Å². The highest BCUT2D eigenvalue weighted by Crippen LogP contribution is 2.29. The van der Waals surface area contributed by atoms with Crippen LogP contribution in [0.25, 0.3) is 11.3 Å². The van der Waals surface area contributed by atoms with E-state index in [2.05, 4.69) is 15.4 Å². The number of carbonyl (C=O) groups is 1. The minimum absolute atomic E-state index is 0.0375. The van der Waals surface area contributed by atoms with Crippen molar-refractivity contribution in [3.63, 3.8) is 0 Å². The van der Waals surface area contributed by atoms with E-state index in [9.17, 15) is 9.90 Å². The molecule has 8 heteroatoms. The fourth-order valence-corrected chi connectivity index (χ4v) is 2.44. The third-order valence-corrected chi connectivity index (χ3v) is 3.41. The number of aromatic carboxylic acids is 1. The molecule has 1 N–H and O–H groups in total. The Kier molecular flexibility index (Phi) is 3.23. The Hall–Kier alpha value is -2.22. The van der Waals surface area contributed by atoms with E-state index in [0.29, 0.717) is 24.5 Å². The summed E-state index contributed by atoms with van der Waals surface area (Å²) in [7, 11) is 1.78. The van der Waals surface area contributed by atoms with E-state index in [1.54, 1.807) is 28.8 Å². The summed E-state index contributed by atoms with van der Waals surface area (Å²) in [6.45, 7) is 1.30. The topological polar surface area (TPSA) is 95.1 Å². The number of carboxylic acids is 1. The standard InChI is InChI=1S/C12H15N5O3/c1-16-7-8(6-13-16)11-10(12(18)19)14-15-17(11)9-2-4-20-5-3-9/h6-7,9H,2-5H2,1H3,(H,18,19). The second-order valence-electron chi connectivity index (χ2n) is 4.78. The van der Waals surface area contributed by atoms with Crippen LogP contribution in [0, 0.1) is 0 Å². The smallest absolute Gasteiger partial charge is 0.358 e. The first kappa shape index (κ1) is 12.8. The molecule has 0 atom stereocenters. The van der Waals surface area contributed by atoms with Gasteiger partial charge in [0.1, 0.15) is 5.69 Å². The van der Waals surface area contributed by atoms with Crippen molar-refractivity contribution in [1.82, 2.24) is 24.8 Å². The molecular weight excluding hydrogens is 262 g/mol. The van der Waals surface area contributed by atoms with Gasteiger partial charge in [-0.25, -0.2) is 9.48 Å². The lowest BCUT2D eigenvalue weighted by atomic mass is 10.1. The van der Waals surface area contributed by atoms with Gasteiger partial charge < -0.3 is 9.84 Å². The summed E-state index contributed by atoms with van der Waals surface area (Å²) in [6.07, 6.45) is 4.99. The van der Waals surface area contributed by atoms with Crippen molar-refractivity contribution in [2.45, 2.75) is 18.9 Å². The fraction of sp³-hybridized carbons (Fsp3) is 0.500. The van der Waals surface area contributed by atoms with Crippen LogP contribution in [0.1, 0.15) is 29.4 Å². The Labute approximate surface area is 115 Å². The molecule has 0 bridgehead atoms. The average molecular weight is 277 g/mol. The number of hydrogen-bond donors (Lipinski definition) is 1. The van der Waals surface area contributed by atoms with Crippen LogP contribution < -0.4 is 0 Å². The van der Waals surface area contributed by atoms with Crippen molar-refractivity contribution in [2.75, 3.05) is 13.2 Å². The first-order valence-corrected chi connectivity index (χ1v) is 6.42. The van der Waals surface area contributed by atoms with Gasteiger partial charge in [-0.3, -0.25) is 4.68 Å². The largest absolute Gasteiger partial charge is 0.476 e. The number of nitrogens with zero attached hydrogens (tertiary/aromatic N) is 5. The van der Waals surface area contributed by atoms with Crippen LogP contribution in [0.4, 0.5) is 0 Å². The maximum absolute atomic E-state index is 11.3. The predicted octanol–water partition coefficient (Wildman–Crippen LogP) is 0.728. The zero-order valence-electron chi connectivity index (χ0n) is 11.1. The molecule has 106 valence electrons. The van der Waals surface area contributed by atoms with E-state index in [0.717, 1.165) is 12.8 Å². The molecular formula is C12H15N5O3. The molecule has 0 aromatic carbocycles. The molecule has 2 aromatic heterocycles. The van der Waals surface area contributed by atoms with Crippen molar-refractivity contribution in [1.29, 1.82) is 0 Å². The molecule has 0 radical (unpaired) electrons. The van der Waals surface area contributed by atoms with Gasteiger partial charge in [0.05, 0.1) is 12.2 Å². The van der Waals surface area contributed by atoms with Gasteiger partial charge in [0.15, 0.2) is 5.69 Å². The molecule has 1 saturated heterocycles. The lowest BCUT2D eigenvalue weighted by Crippen LogP contribution is -2.21. The van der Waals surface area contributed by atoms with Crippen LogP contribution >= 0.6 is 0 Å². The van der Waals surface area contributed by atoms with E-state index >= 15 is 0 Å². The Balaban J connectivity index is 2.08. The van der Waals surface area contributed by atoms with Crippen LogP contribution in [0.2, 0.25) is 0 Å². The highest BCUT2D eigenvalue weighted by atomic mass is 16.5. The van der Waals surface area contributed by atoms with E-state index in [4.69, 9.17) is 4.74 Å².